The van der Waals surface area contributed by atoms with E-state index in [2.05, 4.69) is 44.9 Å². The fraction of sp³-hybridized carbons (Fsp3) is 0.273. The Balaban J connectivity index is 1.34. The van der Waals surface area contributed by atoms with Gasteiger partial charge in [-0.15, -0.1) is 0 Å². The summed E-state index contributed by atoms with van der Waals surface area (Å²) >= 11 is 0. The van der Waals surface area contributed by atoms with Crippen molar-refractivity contribution >= 4 is 23.2 Å². The van der Waals surface area contributed by atoms with Crippen LogP contribution in [0.2, 0.25) is 0 Å². The molecule has 2 N–H and O–H groups in total. The summed E-state index contributed by atoms with van der Waals surface area (Å²) in [5.41, 5.74) is 6.20. The Morgan fingerprint density at radius 2 is 1.74 bits per heavy atom. The summed E-state index contributed by atoms with van der Waals surface area (Å²) in [6.07, 6.45) is 5.79. The molecule has 2 amide bonds. The molecule has 1 aromatic heterocycles. The van der Waals surface area contributed by atoms with Crippen LogP contribution in [0.5, 0.6) is 11.5 Å². The lowest BCUT2D eigenvalue weighted by atomic mass is 9.98. The van der Waals surface area contributed by atoms with Crippen molar-refractivity contribution in [3.05, 3.63) is 96.1 Å². The second-order valence-electron chi connectivity index (χ2n) is 10.3. The third kappa shape index (κ3) is 8.37. The van der Waals surface area contributed by atoms with Crippen molar-refractivity contribution in [2.45, 2.75) is 19.9 Å². The number of methoxy groups -OCH3 is 1. The molecule has 0 spiro atoms. The largest absolute Gasteiger partial charge is 0.497 e. The molecule has 3 aromatic carbocycles. The van der Waals surface area contributed by atoms with Crippen LogP contribution in [0.25, 0.3) is 11.1 Å². The molecule has 43 heavy (non-hydrogen) atoms. The van der Waals surface area contributed by atoms with Gasteiger partial charge in [-0.1, -0.05) is 30.3 Å². The number of anilines is 2. The van der Waals surface area contributed by atoms with E-state index in [4.69, 9.17) is 14.2 Å². The van der Waals surface area contributed by atoms with Gasteiger partial charge in [0.05, 0.1) is 38.2 Å². The van der Waals surface area contributed by atoms with Gasteiger partial charge in [0.25, 0.3) is 0 Å². The molecule has 2 heterocycles. The molecule has 0 fully saturated rings. The Kier molecular flexibility index (Phi) is 9.94. The second-order valence-corrected chi connectivity index (χ2v) is 10.3. The highest BCUT2D eigenvalue weighted by atomic mass is 16.5. The van der Waals surface area contributed by atoms with Crippen molar-refractivity contribution in [1.29, 1.82) is 0 Å². The van der Waals surface area contributed by atoms with Gasteiger partial charge in [0, 0.05) is 50.5 Å². The maximum atomic E-state index is 13.2. The van der Waals surface area contributed by atoms with Gasteiger partial charge in [0.15, 0.2) is 0 Å². The van der Waals surface area contributed by atoms with Crippen LogP contribution in [0.3, 0.4) is 0 Å². The van der Waals surface area contributed by atoms with E-state index in [0.29, 0.717) is 56.5 Å². The molecular formula is C33H35N5O5. The Morgan fingerprint density at radius 1 is 0.907 bits per heavy atom. The van der Waals surface area contributed by atoms with Gasteiger partial charge >= 0.3 is 0 Å². The molecule has 0 unspecified atom stereocenters. The third-order valence-corrected chi connectivity index (χ3v) is 6.96. The number of hydrogen-bond acceptors (Lipinski definition) is 8. The molecule has 5 rings (SSSR count). The van der Waals surface area contributed by atoms with Crippen LogP contribution in [0.15, 0.2) is 79.4 Å². The zero-order chi connectivity index (χ0) is 30.0. The molecule has 0 atom stereocenters. The number of ether oxygens (including phenoxy) is 3. The normalized spacial score (nSPS) is 14.0. The van der Waals surface area contributed by atoms with Crippen LogP contribution in [0, 0.1) is 0 Å². The van der Waals surface area contributed by atoms with Crippen LogP contribution in [-0.4, -0.2) is 66.7 Å². The first kappa shape index (κ1) is 29.7. The van der Waals surface area contributed by atoms with Crippen molar-refractivity contribution in [2.24, 2.45) is 0 Å². The van der Waals surface area contributed by atoms with Gasteiger partial charge in [-0.05, 0) is 46.5 Å². The molecule has 0 saturated carbocycles. The van der Waals surface area contributed by atoms with Crippen molar-refractivity contribution in [1.82, 2.24) is 14.9 Å². The van der Waals surface area contributed by atoms with E-state index in [1.165, 1.54) is 13.3 Å². The zero-order valence-electron chi connectivity index (χ0n) is 24.3. The molecule has 0 aliphatic carbocycles. The summed E-state index contributed by atoms with van der Waals surface area (Å²) in [5, 5.41) is 5.69. The number of benzene rings is 3. The van der Waals surface area contributed by atoms with Gasteiger partial charge in [-0.3, -0.25) is 14.5 Å². The van der Waals surface area contributed by atoms with Crippen LogP contribution in [0.4, 0.5) is 11.4 Å². The van der Waals surface area contributed by atoms with E-state index < -0.39 is 0 Å². The number of carbonyl (C=O) groups excluding carboxylic acids is 2. The fourth-order valence-corrected chi connectivity index (χ4v) is 4.97. The minimum atomic E-state index is -0.232. The summed E-state index contributed by atoms with van der Waals surface area (Å²) in [6, 6.07) is 19.6. The van der Waals surface area contributed by atoms with E-state index >= 15 is 0 Å². The van der Waals surface area contributed by atoms with E-state index in [0.717, 1.165) is 33.6 Å². The Labute approximate surface area is 251 Å². The minimum Gasteiger partial charge on any atom is -0.497 e. The van der Waals surface area contributed by atoms with Crippen LogP contribution >= 0.6 is 0 Å². The van der Waals surface area contributed by atoms with Crippen LogP contribution in [0.1, 0.15) is 23.6 Å². The number of nitrogens with one attached hydrogen (secondary N) is 2. The lowest BCUT2D eigenvalue weighted by Crippen LogP contribution is -2.35. The number of rotatable bonds is 6. The van der Waals surface area contributed by atoms with E-state index in [9.17, 15) is 9.59 Å². The molecule has 1 aliphatic rings. The fourth-order valence-electron chi connectivity index (χ4n) is 4.97. The quantitative estimate of drug-likeness (QED) is 0.341. The highest BCUT2D eigenvalue weighted by molar-refractivity contribution is 5.99. The number of aromatic nitrogens is 2. The lowest BCUT2D eigenvalue weighted by Gasteiger charge is -2.23. The third-order valence-electron chi connectivity index (χ3n) is 6.96. The van der Waals surface area contributed by atoms with Gasteiger partial charge in [0.2, 0.25) is 11.8 Å². The van der Waals surface area contributed by atoms with Gasteiger partial charge in [-0.25, -0.2) is 9.97 Å². The summed E-state index contributed by atoms with van der Waals surface area (Å²) in [4.78, 5) is 35.3. The number of nitrogens with zero attached hydrogens (tertiary/aromatic N) is 3. The summed E-state index contributed by atoms with van der Waals surface area (Å²) in [5.74, 6) is 0.943. The second kappa shape index (κ2) is 14.4. The minimum absolute atomic E-state index is 0.131. The van der Waals surface area contributed by atoms with Crippen LogP contribution in [-0.2, 0) is 27.3 Å². The highest BCUT2D eigenvalue weighted by Crippen LogP contribution is 2.29. The standard InChI is InChI=1S/C33H35N5O5/c1-23(39)36-30-8-7-29(41-2)17-31(30)37-33(40)21-38-10-11-42-12-13-43-32-9-6-26(28-18-34-22-35-19-28)16-27(32)15-24-4-3-5-25(14-24)20-38/h3-9,14,16-19,22H,10-13,15,20-21H2,1-2H3,(H,36,39)(H,37,40). The van der Waals surface area contributed by atoms with Gasteiger partial charge in [-0.2, -0.15) is 0 Å². The summed E-state index contributed by atoms with van der Waals surface area (Å²) in [7, 11) is 1.55. The molecule has 0 radical (unpaired) electrons. The average molecular weight is 582 g/mol. The van der Waals surface area contributed by atoms with E-state index in [1.54, 1.807) is 37.7 Å². The molecule has 4 aromatic rings. The number of amides is 2. The lowest BCUT2D eigenvalue weighted by molar-refractivity contribution is -0.117. The molecular weight excluding hydrogens is 546 g/mol. The van der Waals surface area contributed by atoms with Gasteiger partial charge < -0.3 is 24.8 Å². The smallest absolute Gasteiger partial charge is 0.238 e. The SMILES string of the molecule is COc1ccc(NC(C)=O)c(NC(=O)CN2CCOCCOc3ccc(-c4cncnc4)cc3Cc3cccc(c3)C2)c1. The van der Waals surface area contributed by atoms with Gasteiger partial charge in [0.1, 0.15) is 24.4 Å². The van der Waals surface area contributed by atoms with E-state index in [1.807, 2.05) is 23.1 Å². The topological polar surface area (TPSA) is 115 Å². The maximum Gasteiger partial charge on any atom is 0.238 e. The summed E-state index contributed by atoms with van der Waals surface area (Å²) in [6.45, 7) is 3.93. The molecule has 10 heteroatoms. The molecule has 2 bridgehead atoms. The Morgan fingerprint density at radius 3 is 2.56 bits per heavy atom. The van der Waals surface area contributed by atoms with Crippen molar-refractivity contribution in [2.75, 3.05) is 50.7 Å². The Bertz CT molecular complexity index is 1560. The van der Waals surface area contributed by atoms with Crippen molar-refractivity contribution < 1.29 is 23.8 Å². The predicted molar refractivity (Wildman–Crippen MR) is 164 cm³/mol. The number of hydrogen-bond donors (Lipinski definition) is 2. The summed E-state index contributed by atoms with van der Waals surface area (Å²) < 4.78 is 17.3. The first-order chi connectivity index (χ1) is 21.0. The maximum absolute atomic E-state index is 13.2. The molecule has 10 nitrogen and oxygen atoms in total. The molecule has 1 aliphatic heterocycles. The molecule has 0 saturated heterocycles. The van der Waals surface area contributed by atoms with Crippen molar-refractivity contribution in [3.63, 3.8) is 0 Å². The average Bonchev–Trinajstić information content (AvgIpc) is 3.00. The van der Waals surface area contributed by atoms with Crippen molar-refractivity contribution in [3.8, 4) is 22.6 Å². The van der Waals surface area contributed by atoms with Crippen LogP contribution < -0.4 is 20.1 Å². The monoisotopic (exact) mass is 581 g/mol. The first-order valence-corrected chi connectivity index (χ1v) is 14.1. The first-order valence-electron chi connectivity index (χ1n) is 14.1. The Hall–Kier alpha value is -4.80. The molecule has 222 valence electrons. The number of fused-ring (bicyclic) bond motifs is 3. The zero-order valence-corrected chi connectivity index (χ0v) is 24.3. The predicted octanol–water partition coefficient (Wildman–Crippen LogP) is 4.55. The van der Waals surface area contributed by atoms with E-state index in [-0.39, 0.29) is 18.4 Å². The highest BCUT2D eigenvalue weighted by Gasteiger charge is 2.16. The number of carbonyl (C=O) groups is 2.